The monoisotopic (exact) mass is 391 g/mol. The molecule has 0 amide bonds. The van der Waals surface area contributed by atoms with Crippen molar-refractivity contribution < 1.29 is 22.0 Å². The van der Waals surface area contributed by atoms with Crippen LogP contribution in [0.3, 0.4) is 0 Å². The SMILES string of the molecule is NC(c1cc(Br)c(Cl)s1)c1c(F)c(F)c(F)c(F)c1F. The molecule has 1 nitrogen and oxygen atoms in total. The molecule has 1 aromatic carbocycles. The number of benzene rings is 1. The first-order valence-electron chi connectivity index (χ1n) is 4.97. The van der Waals surface area contributed by atoms with Crippen LogP contribution in [0.25, 0.3) is 0 Å². The highest BCUT2D eigenvalue weighted by atomic mass is 79.9. The Balaban J connectivity index is 2.63. The highest BCUT2D eigenvalue weighted by Gasteiger charge is 2.30. The van der Waals surface area contributed by atoms with E-state index in [0.717, 1.165) is 11.3 Å². The molecule has 0 saturated carbocycles. The third kappa shape index (κ3) is 2.45. The molecule has 20 heavy (non-hydrogen) atoms. The van der Waals surface area contributed by atoms with E-state index in [1.807, 2.05) is 0 Å². The predicted molar refractivity (Wildman–Crippen MR) is 69.3 cm³/mol. The topological polar surface area (TPSA) is 26.0 Å². The minimum atomic E-state index is -2.22. The number of rotatable bonds is 2. The van der Waals surface area contributed by atoms with E-state index in [-0.39, 0.29) is 9.21 Å². The van der Waals surface area contributed by atoms with Gasteiger partial charge in [-0.1, -0.05) is 11.6 Å². The van der Waals surface area contributed by atoms with Gasteiger partial charge in [-0.2, -0.15) is 0 Å². The van der Waals surface area contributed by atoms with Gasteiger partial charge in [0.25, 0.3) is 0 Å². The Morgan fingerprint density at radius 1 is 1.00 bits per heavy atom. The molecular weight excluding hydrogens is 389 g/mol. The van der Waals surface area contributed by atoms with Crippen LogP contribution in [0.2, 0.25) is 4.34 Å². The zero-order valence-corrected chi connectivity index (χ0v) is 12.4. The molecule has 1 unspecified atom stereocenters. The second-order valence-electron chi connectivity index (χ2n) is 3.73. The van der Waals surface area contributed by atoms with Gasteiger partial charge in [0.2, 0.25) is 5.82 Å². The average Bonchev–Trinajstić information content (AvgIpc) is 2.74. The summed E-state index contributed by atoms with van der Waals surface area (Å²) in [6.45, 7) is 0. The fourth-order valence-corrected chi connectivity index (χ4v) is 3.30. The van der Waals surface area contributed by atoms with Crippen molar-refractivity contribution in [2.45, 2.75) is 6.04 Å². The third-order valence-corrected chi connectivity index (χ3v) is 5.08. The Kier molecular flexibility index (Phi) is 4.38. The minimum Gasteiger partial charge on any atom is -0.319 e. The van der Waals surface area contributed by atoms with Gasteiger partial charge in [0, 0.05) is 9.35 Å². The molecule has 0 radical (unpaired) electrons. The lowest BCUT2D eigenvalue weighted by molar-refractivity contribution is 0.367. The smallest absolute Gasteiger partial charge is 0.200 e. The van der Waals surface area contributed by atoms with Crippen molar-refractivity contribution in [2.75, 3.05) is 0 Å². The van der Waals surface area contributed by atoms with Crippen LogP contribution in [0.1, 0.15) is 16.5 Å². The van der Waals surface area contributed by atoms with Gasteiger partial charge >= 0.3 is 0 Å². The van der Waals surface area contributed by atoms with Crippen LogP contribution in [-0.4, -0.2) is 0 Å². The minimum absolute atomic E-state index is 0.157. The van der Waals surface area contributed by atoms with Gasteiger partial charge in [-0.05, 0) is 22.0 Å². The lowest BCUT2D eigenvalue weighted by Gasteiger charge is -2.13. The molecule has 0 aliphatic rings. The maximum atomic E-state index is 13.6. The van der Waals surface area contributed by atoms with Gasteiger partial charge < -0.3 is 5.73 Å². The molecule has 2 aromatic rings. The average molecular weight is 393 g/mol. The van der Waals surface area contributed by atoms with Crippen LogP contribution < -0.4 is 5.73 Å². The van der Waals surface area contributed by atoms with Crippen LogP contribution in [0.5, 0.6) is 0 Å². The molecule has 2 rings (SSSR count). The summed E-state index contributed by atoms with van der Waals surface area (Å²) in [5.74, 6) is -10.2. The van der Waals surface area contributed by atoms with Crippen molar-refractivity contribution in [3.05, 3.63) is 54.4 Å². The van der Waals surface area contributed by atoms with E-state index in [0.29, 0.717) is 4.47 Å². The molecule has 1 aromatic heterocycles. The number of halogens is 7. The summed E-state index contributed by atoms with van der Waals surface area (Å²) in [6, 6.07) is -0.163. The van der Waals surface area contributed by atoms with Crippen LogP contribution in [0, 0.1) is 29.1 Å². The summed E-state index contributed by atoms with van der Waals surface area (Å²) in [6.07, 6.45) is 0. The first kappa shape index (κ1) is 15.7. The Labute approximate surface area is 127 Å². The molecule has 2 N–H and O–H groups in total. The molecule has 0 aliphatic heterocycles. The maximum Gasteiger partial charge on any atom is 0.200 e. The van der Waals surface area contributed by atoms with Crippen molar-refractivity contribution in [1.82, 2.24) is 0 Å². The zero-order valence-electron chi connectivity index (χ0n) is 9.29. The number of thiophene rings is 1. The summed E-state index contributed by atoms with van der Waals surface area (Å²) in [5, 5.41) is 0. The Hall–Kier alpha value is -0.700. The van der Waals surface area contributed by atoms with E-state index < -0.39 is 40.7 Å². The molecular formula is C11H4BrClF5NS. The molecule has 0 saturated heterocycles. The van der Waals surface area contributed by atoms with Gasteiger partial charge in [0.1, 0.15) is 4.34 Å². The first-order chi connectivity index (χ1) is 9.25. The predicted octanol–water partition coefficient (Wildman–Crippen LogP) is 4.91. The fraction of sp³-hybridized carbons (Fsp3) is 0.0909. The summed E-state index contributed by atoms with van der Waals surface area (Å²) in [7, 11) is 0. The number of hydrogen-bond donors (Lipinski definition) is 1. The molecule has 1 heterocycles. The van der Waals surface area contributed by atoms with Crippen molar-refractivity contribution in [3.8, 4) is 0 Å². The fourth-order valence-electron chi connectivity index (χ4n) is 1.55. The van der Waals surface area contributed by atoms with E-state index in [4.69, 9.17) is 17.3 Å². The van der Waals surface area contributed by atoms with Crippen LogP contribution in [0.15, 0.2) is 10.5 Å². The van der Waals surface area contributed by atoms with Crippen LogP contribution in [0.4, 0.5) is 22.0 Å². The molecule has 0 aliphatic carbocycles. The lowest BCUT2D eigenvalue weighted by Crippen LogP contribution is -2.18. The molecule has 9 heteroatoms. The molecule has 0 fully saturated rings. The summed E-state index contributed by atoms with van der Waals surface area (Å²) < 4.78 is 67.0. The van der Waals surface area contributed by atoms with Crippen molar-refractivity contribution in [2.24, 2.45) is 5.73 Å². The Morgan fingerprint density at radius 2 is 1.45 bits per heavy atom. The van der Waals surface area contributed by atoms with Gasteiger partial charge in [-0.25, -0.2) is 22.0 Å². The van der Waals surface area contributed by atoms with E-state index >= 15 is 0 Å². The van der Waals surface area contributed by atoms with E-state index in [1.54, 1.807) is 0 Å². The molecule has 108 valence electrons. The number of hydrogen-bond acceptors (Lipinski definition) is 2. The van der Waals surface area contributed by atoms with E-state index in [2.05, 4.69) is 15.9 Å². The van der Waals surface area contributed by atoms with Crippen LogP contribution >= 0.6 is 38.9 Å². The molecule has 1 atom stereocenters. The number of nitrogens with two attached hydrogens (primary N) is 1. The second kappa shape index (κ2) is 5.59. The van der Waals surface area contributed by atoms with Crippen LogP contribution in [-0.2, 0) is 0 Å². The third-order valence-electron chi connectivity index (χ3n) is 2.53. The molecule has 0 spiro atoms. The standard InChI is InChI=1S/C11H4BrClF5NS/c12-2-1-3(20-11(2)13)10(19)4-5(14)7(16)9(18)8(17)6(4)15/h1,10H,19H2. The van der Waals surface area contributed by atoms with Gasteiger partial charge in [0.05, 0.1) is 11.6 Å². The maximum absolute atomic E-state index is 13.6. The summed E-state index contributed by atoms with van der Waals surface area (Å²) >= 11 is 9.68. The summed E-state index contributed by atoms with van der Waals surface area (Å²) in [5.41, 5.74) is 4.49. The quantitative estimate of drug-likeness (QED) is 0.439. The highest BCUT2D eigenvalue weighted by Crippen LogP contribution is 2.38. The Morgan fingerprint density at radius 3 is 1.85 bits per heavy atom. The van der Waals surface area contributed by atoms with Crippen molar-refractivity contribution in [1.29, 1.82) is 0 Å². The highest BCUT2D eigenvalue weighted by molar-refractivity contribution is 9.10. The normalized spacial score (nSPS) is 12.8. The van der Waals surface area contributed by atoms with E-state index in [9.17, 15) is 22.0 Å². The van der Waals surface area contributed by atoms with Gasteiger partial charge in [-0.15, -0.1) is 11.3 Å². The summed E-state index contributed by atoms with van der Waals surface area (Å²) in [4.78, 5) is 0.157. The van der Waals surface area contributed by atoms with Gasteiger partial charge in [-0.3, -0.25) is 0 Å². The largest absolute Gasteiger partial charge is 0.319 e. The van der Waals surface area contributed by atoms with Crippen molar-refractivity contribution in [3.63, 3.8) is 0 Å². The zero-order chi connectivity index (χ0) is 15.2. The van der Waals surface area contributed by atoms with Gasteiger partial charge in [0.15, 0.2) is 23.3 Å². The van der Waals surface area contributed by atoms with Crippen molar-refractivity contribution >= 4 is 38.9 Å². The Bertz CT molecular complexity index is 641. The second-order valence-corrected chi connectivity index (χ2v) is 6.27. The van der Waals surface area contributed by atoms with E-state index in [1.165, 1.54) is 6.07 Å². The first-order valence-corrected chi connectivity index (χ1v) is 6.96. The molecule has 0 bridgehead atoms. The lowest BCUT2D eigenvalue weighted by atomic mass is 10.0.